The number of fused-ring (bicyclic) bond motifs is 3. The largest absolute Gasteiger partial charge is 0.391 e. The Morgan fingerprint density at radius 3 is 1.79 bits per heavy atom. The highest BCUT2D eigenvalue weighted by Gasteiger charge is 2.31. The number of carbonyl (C=O) groups excluding carboxylic acids is 1. The quantitative estimate of drug-likeness (QED) is 0.612. The first-order valence-corrected chi connectivity index (χ1v) is 5.64. The first-order chi connectivity index (χ1) is 6.66. The number of anilines is 2. The summed E-state index contributed by atoms with van der Waals surface area (Å²) in [6.45, 7) is 0. The molecule has 14 heavy (non-hydrogen) atoms. The van der Waals surface area contributed by atoms with Crippen molar-refractivity contribution in [3.63, 3.8) is 0 Å². The molecule has 0 aromatic carbocycles. The molecule has 0 unspecified atom stereocenters. The van der Waals surface area contributed by atoms with Crippen LogP contribution < -0.4 is 11.5 Å². The van der Waals surface area contributed by atoms with Crippen LogP contribution in [-0.2, 0) is 0 Å². The molecule has 3 nitrogen and oxygen atoms in total. The minimum atomic E-state index is 0.0518. The van der Waals surface area contributed by atoms with Crippen LogP contribution in [0.3, 0.4) is 0 Å². The van der Waals surface area contributed by atoms with Crippen LogP contribution in [0, 0.1) is 0 Å². The molecule has 0 aliphatic heterocycles. The van der Waals surface area contributed by atoms with Crippen molar-refractivity contribution >= 4 is 38.5 Å². The molecule has 0 bridgehead atoms. The van der Waals surface area contributed by atoms with E-state index in [0.717, 1.165) is 20.9 Å². The van der Waals surface area contributed by atoms with Crippen molar-refractivity contribution in [1.29, 1.82) is 0 Å². The molecule has 0 radical (unpaired) electrons. The fraction of sp³-hybridized carbons (Fsp3) is 0. The zero-order valence-electron chi connectivity index (χ0n) is 7.03. The maximum atomic E-state index is 11.8. The number of nitrogen functional groups attached to an aromatic ring is 2. The summed E-state index contributed by atoms with van der Waals surface area (Å²) in [4.78, 5) is 13.8. The fourth-order valence-electron chi connectivity index (χ4n) is 1.64. The van der Waals surface area contributed by atoms with Crippen molar-refractivity contribution in [3.8, 4) is 9.75 Å². The summed E-state index contributed by atoms with van der Waals surface area (Å²) in [6, 6.07) is 3.48. The number of rotatable bonds is 0. The van der Waals surface area contributed by atoms with E-state index in [1.54, 1.807) is 12.1 Å². The monoisotopic (exact) mass is 222 g/mol. The van der Waals surface area contributed by atoms with Crippen LogP contribution >= 0.6 is 22.7 Å². The lowest BCUT2D eigenvalue weighted by atomic mass is 10.2. The number of thiophene rings is 2. The molecule has 4 N–H and O–H groups in total. The summed E-state index contributed by atoms with van der Waals surface area (Å²) in [7, 11) is 0. The van der Waals surface area contributed by atoms with Gasteiger partial charge in [0.1, 0.15) is 0 Å². The summed E-state index contributed by atoms with van der Waals surface area (Å²) in [5.74, 6) is 0.0518. The normalized spacial score (nSPS) is 13.0. The molecular formula is C9H6N2OS2. The summed E-state index contributed by atoms with van der Waals surface area (Å²) in [5, 5.41) is 1.36. The smallest absolute Gasteiger partial charge is 0.196 e. The number of carbonyl (C=O) groups is 1. The Kier molecular flexibility index (Phi) is 1.36. The van der Waals surface area contributed by atoms with Crippen molar-refractivity contribution < 1.29 is 4.79 Å². The Morgan fingerprint density at radius 1 is 0.929 bits per heavy atom. The molecule has 0 saturated heterocycles. The first kappa shape index (κ1) is 8.02. The highest BCUT2D eigenvalue weighted by molar-refractivity contribution is 7.26. The molecular weight excluding hydrogens is 216 g/mol. The van der Waals surface area contributed by atoms with E-state index in [0.29, 0.717) is 10.0 Å². The molecule has 0 fully saturated rings. The van der Waals surface area contributed by atoms with E-state index < -0.39 is 0 Å². The Balaban J connectivity index is 2.37. The van der Waals surface area contributed by atoms with Gasteiger partial charge in [0.05, 0.1) is 19.8 Å². The van der Waals surface area contributed by atoms with Crippen molar-refractivity contribution in [3.05, 3.63) is 23.3 Å². The van der Waals surface area contributed by atoms with Crippen molar-refractivity contribution in [2.75, 3.05) is 11.5 Å². The maximum absolute atomic E-state index is 11.8. The number of hydrogen-bond acceptors (Lipinski definition) is 5. The zero-order chi connectivity index (χ0) is 9.87. The van der Waals surface area contributed by atoms with Gasteiger partial charge in [0.2, 0.25) is 0 Å². The van der Waals surface area contributed by atoms with Gasteiger partial charge < -0.3 is 11.5 Å². The van der Waals surface area contributed by atoms with Gasteiger partial charge in [-0.2, -0.15) is 0 Å². The molecule has 0 saturated carbocycles. The lowest BCUT2D eigenvalue weighted by Gasteiger charge is -1.86. The predicted octanol–water partition coefficient (Wildman–Crippen LogP) is 2.19. The van der Waals surface area contributed by atoms with E-state index in [2.05, 4.69) is 0 Å². The number of hydrogen-bond donors (Lipinski definition) is 2. The van der Waals surface area contributed by atoms with Gasteiger partial charge in [0.25, 0.3) is 0 Å². The van der Waals surface area contributed by atoms with Gasteiger partial charge in [-0.05, 0) is 12.1 Å². The topological polar surface area (TPSA) is 69.1 Å². The molecule has 1 aliphatic rings. The fourth-order valence-corrected chi connectivity index (χ4v) is 3.64. The maximum Gasteiger partial charge on any atom is 0.196 e. The van der Waals surface area contributed by atoms with Crippen LogP contribution in [0.2, 0.25) is 0 Å². The molecule has 2 aromatic rings. The lowest BCUT2D eigenvalue weighted by Crippen LogP contribution is -1.93. The van der Waals surface area contributed by atoms with Crippen molar-refractivity contribution in [2.45, 2.75) is 0 Å². The number of ketones is 1. The second kappa shape index (κ2) is 2.37. The van der Waals surface area contributed by atoms with Gasteiger partial charge >= 0.3 is 0 Å². The van der Waals surface area contributed by atoms with E-state index in [-0.39, 0.29) is 5.78 Å². The molecule has 2 heterocycles. The molecule has 0 spiro atoms. The van der Waals surface area contributed by atoms with Crippen LogP contribution in [0.15, 0.2) is 12.1 Å². The van der Waals surface area contributed by atoms with Gasteiger partial charge in [-0.3, -0.25) is 4.79 Å². The van der Waals surface area contributed by atoms with Crippen LogP contribution in [0.1, 0.15) is 15.9 Å². The second-order valence-electron chi connectivity index (χ2n) is 3.11. The Bertz CT molecular complexity index is 505. The average Bonchev–Trinajstić information content (AvgIpc) is 2.71. The third-order valence-electron chi connectivity index (χ3n) is 2.20. The summed E-state index contributed by atoms with van der Waals surface area (Å²) in [5.41, 5.74) is 12.8. The molecule has 5 heteroatoms. The highest BCUT2D eigenvalue weighted by Crippen LogP contribution is 2.47. The molecule has 2 aromatic heterocycles. The van der Waals surface area contributed by atoms with E-state index in [9.17, 15) is 4.79 Å². The van der Waals surface area contributed by atoms with Gasteiger partial charge in [-0.25, -0.2) is 0 Å². The third-order valence-corrected chi connectivity index (χ3v) is 4.29. The third kappa shape index (κ3) is 0.830. The zero-order valence-corrected chi connectivity index (χ0v) is 8.67. The van der Waals surface area contributed by atoms with Crippen LogP contribution in [0.5, 0.6) is 0 Å². The van der Waals surface area contributed by atoms with Crippen molar-refractivity contribution in [2.24, 2.45) is 0 Å². The van der Waals surface area contributed by atoms with E-state index in [4.69, 9.17) is 11.5 Å². The molecule has 0 atom stereocenters. The van der Waals surface area contributed by atoms with E-state index >= 15 is 0 Å². The van der Waals surface area contributed by atoms with Gasteiger partial charge in [-0.1, -0.05) is 0 Å². The van der Waals surface area contributed by atoms with Crippen LogP contribution in [0.4, 0.5) is 10.0 Å². The SMILES string of the molecule is Nc1cc2c(s1)-c1sc(N)cc1C2=O. The van der Waals surface area contributed by atoms with Crippen molar-refractivity contribution in [1.82, 2.24) is 0 Å². The molecule has 3 rings (SSSR count). The molecule has 1 aliphatic carbocycles. The van der Waals surface area contributed by atoms with E-state index in [1.807, 2.05) is 0 Å². The predicted molar refractivity (Wildman–Crippen MR) is 59.9 cm³/mol. The molecule has 70 valence electrons. The minimum Gasteiger partial charge on any atom is -0.391 e. The molecule has 0 amide bonds. The number of nitrogens with two attached hydrogens (primary N) is 2. The summed E-state index contributed by atoms with van der Waals surface area (Å²) < 4.78 is 0. The Hall–Kier alpha value is -1.33. The summed E-state index contributed by atoms with van der Waals surface area (Å²) >= 11 is 2.90. The standard InChI is InChI=1S/C9H6N2OS2/c10-5-1-3-7(12)4-2-6(11)14-9(4)8(3)13-5/h1-2H,10-11H2. The summed E-state index contributed by atoms with van der Waals surface area (Å²) in [6.07, 6.45) is 0. The Labute approximate surface area is 88.0 Å². The second-order valence-corrected chi connectivity index (χ2v) is 5.28. The van der Waals surface area contributed by atoms with Gasteiger partial charge in [-0.15, -0.1) is 22.7 Å². The van der Waals surface area contributed by atoms with E-state index in [1.165, 1.54) is 22.7 Å². The lowest BCUT2D eigenvalue weighted by molar-refractivity contribution is 0.104. The average molecular weight is 222 g/mol. The van der Waals surface area contributed by atoms with Gasteiger partial charge in [0.15, 0.2) is 5.78 Å². The van der Waals surface area contributed by atoms with Crippen LogP contribution in [0.25, 0.3) is 9.75 Å². The first-order valence-electron chi connectivity index (χ1n) is 4.00. The Morgan fingerprint density at radius 2 is 1.36 bits per heavy atom. The minimum absolute atomic E-state index is 0.0518. The van der Waals surface area contributed by atoms with Crippen LogP contribution in [-0.4, -0.2) is 5.78 Å². The highest BCUT2D eigenvalue weighted by atomic mass is 32.1. The van der Waals surface area contributed by atoms with Gasteiger partial charge in [0, 0.05) is 11.1 Å².